The number of alkyl halides is 3. The highest BCUT2D eigenvalue weighted by Gasteiger charge is 2.31. The zero-order valence-corrected chi connectivity index (χ0v) is 22.0. The van der Waals surface area contributed by atoms with Crippen molar-refractivity contribution in [1.29, 1.82) is 0 Å². The van der Waals surface area contributed by atoms with Crippen molar-refractivity contribution in [2.45, 2.75) is 45.3 Å². The maximum absolute atomic E-state index is 13.7. The van der Waals surface area contributed by atoms with Crippen LogP contribution in [0.25, 0.3) is 22.0 Å². The van der Waals surface area contributed by atoms with E-state index in [1.807, 2.05) is 28.8 Å². The van der Waals surface area contributed by atoms with Gasteiger partial charge in [0.2, 0.25) is 0 Å². The fraction of sp³-hybridized carbons (Fsp3) is 0.323. The van der Waals surface area contributed by atoms with E-state index < -0.39 is 6.36 Å². The Morgan fingerprint density at radius 1 is 0.800 bits per heavy atom. The zero-order chi connectivity index (χ0) is 28.1. The van der Waals surface area contributed by atoms with Crippen molar-refractivity contribution in [1.82, 2.24) is 14.8 Å². The van der Waals surface area contributed by atoms with Crippen molar-refractivity contribution in [3.05, 3.63) is 100 Å². The van der Waals surface area contributed by atoms with Crippen molar-refractivity contribution in [2.75, 3.05) is 19.6 Å². The molecule has 1 aromatic heterocycles. The lowest BCUT2D eigenvalue weighted by molar-refractivity contribution is -0.274. The second-order valence-electron chi connectivity index (χ2n) is 10.1. The predicted octanol–water partition coefficient (Wildman–Crippen LogP) is 6.48. The monoisotopic (exact) mass is 553 g/mol. The van der Waals surface area contributed by atoms with Crippen molar-refractivity contribution in [3.63, 3.8) is 0 Å². The number of benzene rings is 3. The van der Waals surface area contributed by atoms with E-state index in [9.17, 15) is 22.4 Å². The molecule has 9 heteroatoms. The molecule has 1 fully saturated rings. The molecule has 1 N–H and O–H groups in total. The van der Waals surface area contributed by atoms with Crippen molar-refractivity contribution in [3.8, 4) is 16.9 Å². The highest BCUT2D eigenvalue weighted by atomic mass is 19.4. The van der Waals surface area contributed by atoms with Gasteiger partial charge in [-0.3, -0.25) is 4.79 Å². The van der Waals surface area contributed by atoms with Crippen LogP contribution in [-0.2, 0) is 19.6 Å². The summed E-state index contributed by atoms with van der Waals surface area (Å²) in [7, 11) is 0. The smallest absolute Gasteiger partial charge is 0.406 e. The summed E-state index contributed by atoms with van der Waals surface area (Å²) in [6.45, 7) is 4.18. The largest absolute Gasteiger partial charge is 0.573 e. The molecule has 1 saturated heterocycles. The first-order chi connectivity index (χ1) is 19.2. The highest BCUT2D eigenvalue weighted by Crippen LogP contribution is 2.28. The molecule has 210 valence electrons. The number of hydrogen-bond acceptors (Lipinski definition) is 4. The van der Waals surface area contributed by atoms with Crippen LogP contribution in [0.15, 0.2) is 77.6 Å². The predicted molar refractivity (Wildman–Crippen MR) is 148 cm³/mol. The Labute approximate surface area is 230 Å². The van der Waals surface area contributed by atoms with Crippen LogP contribution in [0.4, 0.5) is 17.6 Å². The minimum atomic E-state index is -4.75. The Bertz CT molecular complexity index is 1490. The highest BCUT2D eigenvalue weighted by molar-refractivity contribution is 5.85. The normalized spacial score (nSPS) is 14.5. The number of nitrogens with one attached hydrogen (secondary N) is 1. The number of pyridine rings is 1. The summed E-state index contributed by atoms with van der Waals surface area (Å²) in [5.41, 5.74) is 3.76. The topological polar surface area (TPSA) is 46.5 Å². The molecule has 1 aliphatic rings. The van der Waals surface area contributed by atoms with Crippen LogP contribution in [-0.4, -0.2) is 35.5 Å². The number of aromatic nitrogens is 1. The molecule has 40 heavy (non-hydrogen) atoms. The molecule has 0 bridgehead atoms. The van der Waals surface area contributed by atoms with Gasteiger partial charge in [-0.15, -0.1) is 13.2 Å². The number of ether oxygens (including phenoxy) is 1. The van der Waals surface area contributed by atoms with Crippen LogP contribution in [0.3, 0.4) is 0 Å². The second kappa shape index (κ2) is 12.2. The minimum absolute atomic E-state index is 0.0813. The zero-order valence-electron chi connectivity index (χ0n) is 22.0. The maximum atomic E-state index is 13.7. The molecule has 5 rings (SSSR count). The number of piperidine rings is 1. The number of nitrogens with zero attached hydrogens (tertiary/aromatic N) is 2. The van der Waals surface area contributed by atoms with Gasteiger partial charge in [-0.05, 0) is 84.4 Å². The van der Waals surface area contributed by atoms with Gasteiger partial charge in [0.25, 0.3) is 5.56 Å². The number of fused-ring (bicyclic) bond motifs is 1. The number of rotatable bonds is 9. The Morgan fingerprint density at radius 2 is 1.50 bits per heavy atom. The fourth-order valence-corrected chi connectivity index (χ4v) is 5.18. The summed E-state index contributed by atoms with van der Waals surface area (Å²) in [5, 5.41) is 4.20. The molecule has 0 amide bonds. The molecule has 1 aliphatic heterocycles. The molecule has 0 unspecified atom stereocenters. The summed E-state index contributed by atoms with van der Waals surface area (Å²) >= 11 is 0. The van der Waals surface area contributed by atoms with Crippen LogP contribution >= 0.6 is 0 Å². The first-order valence-corrected chi connectivity index (χ1v) is 13.5. The van der Waals surface area contributed by atoms with Crippen LogP contribution in [0.5, 0.6) is 5.75 Å². The Kier molecular flexibility index (Phi) is 8.52. The van der Waals surface area contributed by atoms with Crippen molar-refractivity contribution < 1.29 is 22.3 Å². The van der Waals surface area contributed by atoms with Crippen LogP contribution in [0.2, 0.25) is 0 Å². The Morgan fingerprint density at radius 3 is 2.20 bits per heavy atom. The van der Waals surface area contributed by atoms with E-state index in [-0.39, 0.29) is 17.1 Å². The summed E-state index contributed by atoms with van der Waals surface area (Å²) < 4.78 is 56.7. The lowest BCUT2D eigenvalue weighted by Crippen LogP contribution is -2.36. The molecule has 0 saturated carbocycles. The Balaban J connectivity index is 1.43. The van der Waals surface area contributed by atoms with Crippen molar-refractivity contribution >= 4 is 10.9 Å². The van der Waals surface area contributed by atoms with Gasteiger partial charge in [-0.2, -0.15) is 0 Å². The average molecular weight is 554 g/mol. The number of halogens is 4. The SMILES string of the molecule is O=c1c(CNCc2ccc(F)cc2)cc2ccc(-c3ccc(OC(F)(F)F)cc3)cc2n1CCN1CCCCC1. The molecule has 0 atom stereocenters. The van der Waals surface area contributed by atoms with Crippen LogP contribution < -0.4 is 15.6 Å². The van der Waals surface area contributed by atoms with E-state index in [0.29, 0.717) is 25.2 Å². The first-order valence-electron chi connectivity index (χ1n) is 13.5. The quantitative estimate of drug-likeness (QED) is 0.241. The summed E-state index contributed by atoms with van der Waals surface area (Å²) in [5.74, 6) is -0.576. The van der Waals surface area contributed by atoms with E-state index in [2.05, 4.69) is 15.0 Å². The first kappa shape index (κ1) is 27.9. The number of likely N-dealkylation sites (tertiary alicyclic amines) is 1. The van der Waals surface area contributed by atoms with Gasteiger partial charge < -0.3 is 19.5 Å². The van der Waals surface area contributed by atoms with E-state index in [1.54, 1.807) is 24.3 Å². The maximum Gasteiger partial charge on any atom is 0.573 e. The van der Waals surface area contributed by atoms with Crippen LogP contribution in [0, 0.1) is 5.82 Å². The van der Waals surface area contributed by atoms with Crippen LogP contribution in [0.1, 0.15) is 30.4 Å². The molecular weight excluding hydrogens is 522 g/mol. The molecule has 3 aromatic carbocycles. The van der Waals surface area contributed by atoms with Gasteiger partial charge in [0.15, 0.2) is 0 Å². The third-order valence-electron chi connectivity index (χ3n) is 7.24. The molecule has 0 radical (unpaired) electrons. The molecule has 0 spiro atoms. The lowest BCUT2D eigenvalue weighted by atomic mass is 10.0. The molecule has 5 nitrogen and oxygen atoms in total. The summed E-state index contributed by atoms with van der Waals surface area (Å²) in [6, 6.07) is 19.6. The summed E-state index contributed by atoms with van der Waals surface area (Å²) in [6.07, 6.45) is -1.21. The lowest BCUT2D eigenvalue weighted by Gasteiger charge is -2.27. The fourth-order valence-electron chi connectivity index (χ4n) is 5.18. The Hall–Kier alpha value is -3.69. The average Bonchev–Trinajstić information content (AvgIpc) is 2.94. The molecule has 4 aromatic rings. The van der Waals surface area contributed by atoms with Gasteiger partial charge >= 0.3 is 6.36 Å². The van der Waals surface area contributed by atoms with E-state index >= 15 is 0 Å². The van der Waals surface area contributed by atoms with E-state index in [4.69, 9.17) is 0 Å². The standard InChI is InChI=1S/C31H31F4N3O2/c32-27-10-4-22(5-11-27)20-36-21-26-18-25-7-6-24(23-8-12-28(13-9-23)40-31(33,34)35)19-29(25)38(30(26)39)17-16-37-14-2-1-3-15-37/h4-13,18-19,36H,1-3,14-17,20-21H2. The number of hydrogen-bond donors (Lipinski definition) is 1. The van der Waals surface area contributed by atoms with Gasteiger partial charge in [0, 0.05) is 31.7 Å². The van der Waals surface area contributed by atoms with E-state index in [0.717, 1.165) is 60.1 Å². The van der Waals surface area contributed by atoms with Gasteiger partial charge in [0.1, 0.15) is 11.6 Å². The third-order valence-corrected chi connectivity index (χ3v) is 7.24. The molecule has 2 heterocycles. The minimum Gasteiger partial charge on any atom is -0.406 e. The van der Waals surface area contributed by atoms with Gasteiger partial charge in [-0.25, -0.2) is 4.39 Å². The summed E-state index contributed by atoms with van der Waals surface area (Å²) in [4.78, 5) is 16.1. The molecular formula is C31H31F4N3O2. The van der Waals surface area contributed by atoms with Crippen molar-refractivity contribution in [2.24, 2.45) is 0 Å². The van der Waals surface area contributed by atoms with E-state index in [1.165, 1.54) is 30.7 Å². The van der Waals surface area contributed by atoms with Gasteiger partial charge in [0.05, 0.1) is 5.52 Å². The van der Waals surface area contributed by atoms with Gasteiger partial charge in [-0.1, -0.05) is 42.8 Å². The third kappa shape index (κ3) is 7.08. The molecule has 0 aliphatic carbocycles. The second-order valence-corrected chi connectivity index (χ2v) is 10.1.